The van der Waals surface area contributed by atoms with Crippen LogP contribution in [-0.4, -0.2) is 11.8 Å². The zero-order valence-corrected chi connectivity index (χ0v) is 20.2. The van der Waals surface area contributed by atoms with Gasteiger partial charge in [-0.15, -0.1) is 11.8 Å². The van der Waals surface area contributed by atoms with Gasteiger partial charge in [0.2, 0.25) is 5.91 Å². The minimum Gasteiger partial charge on any atom is -0.323 e. The second kappa shape index (κ2) is 11.3. The fourth-order valence-electron chi connectivity index (χ4n) is 3.25. The Morgan fingerprint density at radius 2 is 1.44 bits per heavy atom. The zero-order chi connectivity index (χ0) is 23.9. The summed E-state index contributed by atoms with van der Waals surface area (Å²) in [6, 6.07) is 30.8. The summed E-state index contributed by atoms with van der Waals surface area (Å²) in [4.78, 5) is 26.6. The van der Waals surface area contributed by atoms with Crippen molar-refractivity contribution in [3.63, 3.8) is 0 Å². The molecule has 1 atom stereocenters. The van der Waals surface area contributed by atoms with Gasteiger partial charge in [-0.05, 0) is 60.2 Å². The topological polar surface area (TPSA) is 58.2 Å². The Bertz CT molecular complexity index is 1300. The molecule has 0 saturated carbocycles. The molecule has 34 heavy (non-hydrogen) atoms. The number of carbonyl (C=O) groups is 2. The Labute approximate surface area is 212 Å². The highest BCUT2D eigenvalue weighted by atomic mass is 35.5. The second-order valence-electron chi connectivity index (χ2n) is 7.37. The Morgan fingerprint density at radius 1 is 0.735 bits per heavy atom. The molecule has 4 aromatic carbocycles. The van der Waals surface area contributed by atoms with Crippen molar-refractivity contribution < 1.29 is 9.59 Å². The van der Waals surface area contributed by atoms with Crippen LogP contribution in [0.4, 0.5) is 11.4 Å². The highest BCUT2D eigenvalue weighted by Gasteiger charge is 2.23. The minimum absolute atomic E-state index is 0.178. The van der Waals surface area contributed by atoms with Crippen LogP contribution in [0.15, 0.2) is 108 Å². The zero-order valence-electron chi connectivity index (χ0n) is 17.9. The molecule has 0 aliphatic rings. The lowest BCUT2D eigenvalue weighted by Crippen LogP contribution is -2.19. The monoisotopic (exact) mass is 506 g/mol. The number of hydrogen-bond acceptors (Lipinski definition) is 3. The van der Waals surface area contributed by atoms with Crippen LogP contribution in [-0.2, 0) is 4.79 Å². The van der Waals surface area contributed by atoms with E-state index in [4.69, 9.17) is 23.2 Å². The van der Waals surface area contributed by atoms with Gasteiger partial charge in [-0.1, -0.05) is 71.7 Å². The van der Waals surface area contributed by atoms with E-state index in [0.29, 0.717) is 27.0 Å². The fourth-order valence-corrected chi connectivity index (χ4v) is 4.65. The molecule has 0 aliphatic carbocycles. The molecule has 1 unspecified atom stereocenters. The second-order valence-corrected chi connectivity index (χ2v) is 9.39. The van der Waals surface area contributed by atoms with E-state index < -0.39 is 5.25 Å². The molecular formula is C27H20Cl2N2O2S. The number of anilines is 2. The van der Waals surface area contributed by atoms with Crippen molar-refractivity contribution in [1.82, 2.24) is 0 Å². The van der Waals surface area contributed by atoms with E-state index in [2.05, 4.69) is 10.6 Å². The van der Waals surface area contributed by atoms with E-state index in [1.54, 1.807) is 48.5 Å². The summed E-state index contributed by atoms with van der Waals surface area (Å²) in [5, 5.41) is 6.27. The van der Waals surface area contributed by atoms with Crippen LogP contribution in [0.25, 0.3) is 0 Å². The van der Waals surface area contributed by atoms with Gasteiger partial charge in [0, 0.05) is 21.2 Å². The predicted molar refractivity (Wildman–Crippen MR) is 141 cm³/mol. The maximum absolute atomic E-state index is 13.2. The Morgan fingerprint density at radius 3 is 2.15 bits per heavy atom. The van der Waals surface area contributed by atoms with E-state index in [1.165, 1.54) is 11.8 Å². The third-order valence-electron chi connectivity index (χ3n) is 4.93. The molecule has 0 spiro atoms. The first-order valence-electron chi connectivity index (χ1n) is 10.4. The van der Waals surface area contributed by atoms with E-state index in [0.717, 1.165) is 10.5 Å². The maximum atomic E-state index is 13.2. The smallest absolute Gasteiger partial charge is 0.255 e. The lowest BCUT2D eigenvalue weighted by molar-refractivity contribution is -0.115. The molecule has 7 heteroatoms. The molecule has 0 fully saturated rings. The van der Waals surface area contributed by atoms with Gasteiger partial charge in [0.05, 0.1) is 10.7 Å². The van der Waals surface area contributed by atoms with Crippen molar-refractivity contribution in [2.45, 2.75) is 10.1 Å². The first-order chi connectivity index (χ1) is 16.5. The summed E-state index contributed by atoms with van der Waals surface area (Å²) in [6.45, 7) is 0. The van der Waals surface area contributed by atoms with Crippen LogP contribution in [0, 0.1) is 0 Å². The fraction of sp³-hybridized carbons (Fsp3) is 0.0370. The number of carbonyl (C=O) groups excluding carboxylic acids is 2. The SMILES string of the molecule is O=C(Nc1ccc(SC(C(=O)Nc2ccccc2Cl)c2ccccc2)cc1)c1cccc(Cl)c1. The number of hydrogen-bond donors (Lipinski definition) is 2. The van der Waals surface area contributed by atoms with Gasteiger partial charge in [0.25, 0.3) is 5.91 Å². The van der Waals surface area contributed by atoms with Crippen LogP contribution >= 0.6 is 35.0 Å². The standard InChI is InChI=1S/C27H20Cl2N2O2S/c28-20-10-6-9-19(17-20)26(32)30-21-13-15-22(16-14-21)34-25(18-7-2-1-3-8-18)27(33)31-24-12-5-4-11-23(24)29/h1-17,25H,(H,30,32)(H,31,33). The number of benzene rings is 4. The lowest BCUT2D eigenvalue weighted by atomic mass is 10.1. The van der Waals surface area contributed by atoms with E-state index in [1.807, 2.05) is 54.6 Å². The van der Waals surface area contributed by atoms with Crippen LogP contribution in [0.1, 0.15) is 21.2 Å². The average Bonchev–Trinajstić information content (AvgIpc) is 2.85. The Kier molecular flexibility index (Phi) is 7.91. The number of halogens is 2. The predicted octanol–water partition coefficient (Wildman–Crippen LogP) is 7.72. The van der Waals surface area contributed by atoms with Crippen LogP contribution in [0.3, 0.4) is 0 Å². The minimum atomic E-state index is -0.496. The van der Waals surface area contributed by atoms with Gasteiger partial charge in [-0.25, -0.2) is 0 Å². The lowest BCUT2D eigenvalue weighted by Gasteiger charge is -2.18. The van der Waals surface area contributed by atoms with Gasteiger partial charge in [-0.3, -0.25) is 9.59 Å². The van der Waals surface area contributed by atoms with Crippen LogP contribution in [0.2, 0.25) is 10.0 Å². The molecule has 4 nitrogen and oxygen atoms in total. The largest absolute Gasteiger partial charge is 0.323 e. The van der Waals surface area contributed by atoms with Crippen molar-refractivity contribution >= 4 is 58.2 Å². The highest BCUT2D eigenvalue weighted by Crippen LogP contribution is 2.37. The molecule has 0 aromatic heterocycles. The van der Waals surface area contributed by atoms with Crippen molar-refractivity contribution in [3.05, 3.63) is 124 Å². The quantitative estimate of drug-likeness (QED) is 0.252. The van der Waals surface area contributed by atoms with Gasteiger partial charge in [-0.2, -0.15) is 0 Å². The number of para-hydroxylation sites is 1. The first-order valence-corrected chi connectivity index (χ1v) is 12.1. The molecule has 0 saturated heterocycles. The normalized spacial score (nSPS) is 11.5. The first kappa shape index (κ1) is 23.9. The van der Waals surface area contributed by atoms with Crippen molar-refractivity contribution in [3.8, 4) is 0 Å². The summed E-state index contributed by atoms with van der Waals surface area (Å²) in [5.74, 6) is -0.424. The van der Waals surface area contributed by atoms with E-state index in [9.17, 15) is 9.59 Å². The summed E-state index contributed by atoms with van der Waals surface area (Å²) < 4.78 is 0. The van der Waals surface area contributed by atoms with E-state index in [-0.39, 0.29) is 11.8 Å². The summed E-state index contributed by atoms with van der Waals surface area (Å²) in [5.41, 5.74) is 2.56. The molecule has 2 amide bonds. The molecule has 2 N–H and O–H groups in total. The van der Waals surface area contributed by atoms with Crippen LogP contribution in [0.5, 0.6) is 0 Å². The highest BCUT2D eigenvalue weighted by molar-refractivity contribution is 8.00. The number of amides is 2. The Balaban J connectivity index is 1.49. The van der Waals surface area contributed by atoms with E-state index >= 15 is 0 Å². The van der Waals surface area contributed by atoms with Crippen molar-refractivity contribution in [1.29, 1.82) is 0 Å². The molecule has 0 aliphatic heterocycles. The summed E-state index contributed by atoms with van der Waals surface area (Å²) in [6.07, 6.45) is 0. The molecule has 4 rings (SSSR count). The summed E-state index contributed by atoms with van der Waals surface area (Å²) >= 11 is 13.6. The van der Waals surface area contributed by atoms with Crippen LogP contribution < -0.4 is 10.6 Å². The molecule has 0 heterocycles. The molecule has 4 aromatic rings. The number of nitrogens with one attached hydrogen (secondary N) is 2. The van der Waals surface area contributed by atoms with Gasteiger partial charge < -0.3 is 10.6 Å². The molecular weight excluding hydrogens is 487 g/mol. The Hall–Kier alpha value is -3.25. The molecule has 0 radical (unpaired) electrons. The van der Waals surface area contributed by atoms with Crippen molar-refractivity contribution in [2.24, 2.45) is 0 Å². The van der Waals surface area contributed by atoms with Crippen molar-refractivity contribution in [2.75, 3.05) is 10.6 Å². The van der Waals surface area contributed by atoms with Gasteiger partial charge in [0.1, 0.15) is 5.25 Å². The third kappa shape index (κ3) is 6.20. The average molecular weight is 507 g/mol. The maximum Gasteiger partial charge on any atom is 0.255 e. The summed E-state index contributed by atoms with van der Waals surface area (Å²) in [7, 11) is 0. The van der Waals surface area contributed by atoms with Gasteiger partial charge in [0.15, 0.2) is 0 Å². The molecule has 0 bridgehead atoms. The number of thioether (sulfide) groups is 1. The molecule has 170 valence electrons. The van der Waals surface area contributed by atoms with Gasteiger partial charge >= 0.3 is 0 Å². The number of rotatable bonds is 7. The third-order valence-corrected chi connectivity index (χ3v) is 6.76.